The molecule has 35 heavy (non-hydrogen) atoms. The van der Waals surface area contributed by atoms with Gasteiger partial charge in [0.2, 0.25) is 0 Å². The van der Waals surface area contributed by atoms with Crippen LogP contribution in [0.1, 0.15) is 46.6 Å². The van der Waals surface area contributed by atoms with Crippen LogP contribution in [-0.2, 0) is 7.05 Å². The van der Waals surface area contributed by atoms with E-state index in [1.807, 2.05) is 50.8 Å². The van der Waals surface area contributed by atoms with Crippen molar-refractivity contribution in [2.75, 3.05) is 32.1 Å². The van der Waals surface area contributed by atoms with Crippen molar-refractivity contribution in [1.29, 1.82) is 0 Å². The first-order valence-corrected chi connectivity index (χ1v) is 12.3. The molecular weight excluding hydrogens is 438 g/mol. The summed E-state index contributed by atoms with van der Waals surface area (Å²) in [6.07, 6.45) is 3.21. The zero-order valence-electron chi connectivity index (χ0n) is 21.5. The van der Waals surface area contributed by atoms with E-state index in [4.69, 9.17) is 4.74 Å². The zero-order chi connectivity index (χ0) is 24.9. The van der Waals surface area contributed by atoms with Gasteiger partial charge in [-0.15, -0.1) is 0 Å². The van der Waals surface area contributed by atoms with Gasteiger partial charge < -0.3 is 15.0 Å². The number of carbonyl (C=O) groups excluding carboxylic acids is 1. The molecule has 2 bridgehead atoms. The van der Waals surface area contributed by atoms with Gasteiger partial charge in [-0.2, -0.15) is 5.10 Å². The van der Waals surface area contributed by atoms with Gasteiger partial charge in [0.05, 0.1) is 18.8 Å². The molecule has 3 aromatic rings. The summed E-state index contributed by atoms with van der Waals surface area (Å²) in [6, 6.07) is 13.4. The summed E-state index contributed by atoms with van der Waals surface area (Å²) in [5.41, 5.74) is 6.89. The van der Waals surface area contributed by atoms with Crippen LogP contribution in [0, 0.1) is 13.8 Å². The van der Waals surface area contributed by atoms with Gasteiger partial charge in [0, 0.05) is 55.2 Å². The molecule has 1 amide bonds. The van der Waals surface area contributed by atoms with E-state index in [0.29, 0.717) is 12.1 Å². The highest BCUT2D eigenvalue weighted by atomic mass is 16.5. The van der Waals surface area contributed by atoms with Crippen LogP contribution in [0.5, 0.6) is 5.75 Å². The molecule has 7 heteroatoms. The van der Waals surface area contributed by atoms with Crippen molar-refractivity contribution in [2.45, 2.75) is 45.3 Å². The molecule has 2 fully saturated rings. The second-order valence-corrected chi connectivity index (χ2v) is 10.1. The van der Waals surface area contributed by atoms with Gasteiger partial charge in [-0.05, 0) is 81.3 Å². The first-order valence-electron chi connectivity index (χ1n) is 12.3. The van der Waals surface area contributed by atoms with Crippen molar-refractivity contribution < 1.29 is 9.53 Å². The van der Waals surface area contributed by atoms with Crippen LogP contribution in [0.15, 0.2) is 42.6 Å². The first-order chi connectivity index (χ1) is 16.7. The van der Waals surface area contributed by atoms with E-state index in [2.05, 4.69) is 51.5 Å². The van der Waals surface area contributed by atoms with Crippen LogP contribution >= 0.6 is 0 Å². The van der Waals surface area contributed by atoms with E-state index in [0.717, 1.165) is 58.0 Å². The molecule has 3 heterocycles. The lowest BCUT2D eigenvalue weighted by molar-refractivity contribution is 0.0939. The number of rotatable bonds is 6. The number of likely N-dealkylation sites (N-methyl/N-ethyl adjacent to an activating group) is 1. The number of carbonyl (C=O) groups is 1. The summed E-state index contributed by atoms with van der Waals surface area (Å²) < 4.78 is 7.39. The van der Waals surface area contributed by atoms with Gasteiger partial charge in [-0.1, -0.05) is 6.07 Å². The number of fused-ring (bicyclic) bond motifs is 2. The van der Waals surface area contributed by atoms with Gasteiger partial charge in [0.1, 0.15) is 5.75 Å². The van der Waals surface area contributed by atoms with Crippen LogP contribution in [0.2, 0.25) is 0 Å². The second kappa shape index (κ2) is 9.04. The van der Waals surface area contributed by atoms with E-state index in [-0.39, 0.29) is 11.9 Å². The predicted molar refractivity (Wildman–Crippen MR) is 139 cm³/mol. The Labute approximate surface area is 207 Å². The molecule has 2 aliphatic rings. The van der Waals surface area contributed by atoms with Crippen molar-refractivity contribution in [3.05, 3.63) is 65.0 Å². The minimum atomic E-state index is -0.187. The van der Waals surface area contributed by atoms with Gasteiger partial charge >= 0.3 is 0 Å². The maximum Gasteiger partial charge on any atom is 0.252 e. The number of nitrogens with one attached hydrogen (secondary N) is 1. The summed E-state index contributed by atoms with van der Waals surface area (Å²) >= 11 is 0. The molecule has 2 aromatic carbocycles. The van der Waals surface area contributed by atoms with Crippen molar-refractivity contribution >= 4 is 11.6 Å². The summed E-state index contributed by atoms with van der Waals surface area (Å²) in [4.78, 5) is 18.3. The molecular formula is C28H35N5O2. The predicted octanol–water partition coefficient (Wildman–Crippen LogP) is 4.10. The number of piperazine rings is 1. The number of hydrogen-bond acceptors (Lipinski definition) is 5. The number of nitrogens with zero attached hydrogens (tertiary/aromatic N) is 4. The molecule has 1 N–H and O–H groups in total. The van der Waals surface area contributed by atoms with Crippen LogP contribution in [-0.4, -0.2) is 59.9 Å². The van der Waals surface area contributed by atoms with Gasteiger partial charge in [-0.25, -0.2) is 0 Å². The standard InChI is InChI=1S/C28H35N5O2/c1-17-7-8-22(33-15-23-12-24(33)14-31(23)4)13-26(17)28(34)29-18(2)20-9-21(11-25(10-20)35-6)27-16-32(5)30-19(27)3/h7-11,13,16,18,23-24H,12,14-15H2,1-6H3,(H,29,34)/t18-,23-,24-/m1/s1. The SMILES string of the molecule is COc1cc(-c2cn(C)nc2C)cc([C@@H](C)NC(=O)c2cc(N3C[C@H]4C[C@@H]3CN4C)ccc2C)c1. The summed E-state index contributed by atoms with van der Waals surface area (Å²) in [7, 11) is 5.79. The van der Waals surface area contributed by atoms with Gasteiger partial charge in [-0.3, -0.25) is 14.4 Å². The number of hydrogen-bond donors (Lipinski definition) is 1. The third-order valence-corrected chi connectivity index (χ3v) is 7.65. The van der Waals surface area contributed by atoms with Gasteiger partial charge in [0.15, 0.2) is 0 Å². The molecule has 0 aliphatic carbocycles. The highest BCUT2D eigenvalue weighted by Crippen LogP contribution is 2.35. The van der Waals surface area contributed by atoms with Crippen LogP contribution in [0.3, 0.4) is 0 Å². The van der Waals surface area contributed by atoms with Crippen molar-refractivity contribution in [3.8, 4) is 16.9 Å². The average molecular weight is 474 g/mol. The quantitative estimate of drug-likeness (QED) is 0.584. The van der Waals surface area contributed by atoms with Gasteiger partial charge in [0.25, 0.3) is 5.91 Å². The number of likely N-dealkylation sites (tertiary alicyclic amines) is 1. The Balaban J connectivity index is 1.38. The fraction of sp³-hybridized carbons (Fsp3) is 0.429. The minimum Gasteiger partial charge on any atom is -0.497 e. The van der Waals surface area contributed by atoms with E-state index in [9.17, 15) is 4.79 Å². The van der Waals surface area contributed by atoms with Crippen molar-refractivity contribution in [2.24, 2.45) is 7.05 Å². The number of ether oxygens (including phenoxy) is 1. The van der Waals surface area contributed by atoms with E-state index < -0.39 is 0 Å². The lowest BCUT2D eigenvalue weighted by atomic mass is 9.99. The lowest BCUT2D eigenvalue weighted by Gasteiger charge is -2.34. The molecule has 184 valence electrons. The molecule has 0 radical (unpaired) electrons. The maximum atomic E-state index is 13.4. The molecule has 1 aromatic heterocycles. The monoisotopic (exact) mass is 473 g/mol. The first kappa shape index (κ1) is 23.4. The van der Waals surface area contributed by atoms with Crippen LogP contribution in [0.25, 0.3) is 11.1 Å². The second-order valence-electron chi connectivity index (χ2n) is 10.1. The maximum absolute atomic E-state index is 13.4. The molecule has 2 aliphatic heterocycles. The number of anilines is 1. The Morgan fingerprint density at radius 1 is 1.11 bits per heavy atom. The number of aromatic nitrogens is 2. The fourth-order valence-electron chi connectivity index (χ4n) is 5.60. The van der Waals surface area contributed by atoms with E-state index in [1.165, 1.54) is 6.42 Å². The average Bonchev–Trinajstić information content (AvgIpc) is 3.52. The molecule has 0 saturated carbocycles. The molecule has 3 atom stereocenters. The third-order valence-electron chi connectivity index (χ3n) is 7.65. The fourth-order valence-corrected chi connectivity index (χ4v) is 5.60. The molecule has 0 spiro atoms. The molecule has 2 saturated heterocycles. The molecule has 5 rings (SSSR count). The summed E-state index contributed by atoms with van der Waals surface area (Å²) in [6.45, 7) is 8.14. The van der Waals surface area contributed by atoms with Crippen LogP contribution < -0.4 is 15.0 Å². The van der Waals surface area contributed by atoms with Crippen molar-refractivity contribution in [3.63, 3.8) is 0 Å². The van der Waals surface area contributed by atoms with Crippen LogP contribution in [0.4, 0.5) is 5.69 Å². The normalized spacial score (nSPS) is 20.3. The largest absolute Gasteiger partial charge is 0.497 e. The Morgan fingerprint density at radius 3 is 2.54 bits per heavy atom. The third kappa shape index (κ3) is 4.41. The number of methoxy groups -OCH3 is 1. The van der Waals surface area contributed by atoms with Crippen molar-refractivity contribution in [1.82, 2.24) is 20.0 Å². The Bertz CT molecular complexity index is 1260. The molecule has 0 unspecified atom stereocenters. The Morgan fingerprint density at radius 2 is 1.91 bits per heavy atom. The van der Waals surface area contributed by atoms with E-state index in [1.54, 1.807) is 7.11 Å². The summed E-state index contributed by atoms with van der Waals surface area (Å²) in [5.74, 6) is 0.703. The highest BCUT2D eigenvalue weighted by Gasteiger charge is 2.41. The Kier molecular flexibility index (Phi) is 6.05. The smallest absolute Gasteiger partial charge is 0.252 e. The zero-order valence-corrected chi connectivity index (χ0v) is 21.5. The van der Waals surface area contributed by atoms with E-state index >= 15 is 0 Å². The number of amides is 1. The molecule has 7 nitrogen and oxygen atoms in total. The number of aryl methyl sites for hydroxylation is 3. The highest BCUT2D eigenvalue weighted by molar-refractivity contribution is 5.97. The minimum absolute atomic E-state index is 0.0553. The summed E-state index contributed by atoms with van der Waals surface area (Å²) in [5, 5.41) is 7.69. The topological polar surface area (TPSA) is 62.6 Å². The lowest BCUT2D eigenvalue weighted by Crippen LogP contribution is -2.44. The number of benzene rings is 2. The Hall–Kier alpha value is -3.32.